The fourth-order valence-electron chi connectivity index (χ4n) is 5.89. The Bertz CT molecular complexity index is 2280. The van der Waals surface area contributed by atoms with Crippen LogP contribution >= 0.6 is 0 Å². The second-order valence-electron chi connectivity index (χ2n) is 14.9. The molecule has 0 aliphatic heterocycles. The predicted octanol–water partition coefficient (Wildman–Crippen LogP) is 7.89. The van der Waals surface area contributed by atoms with Crippen LogP contribution in [0.4, 0.5) is 0 Å². The van der Waals surface area contributed by atoms with Gasteiger partial charge in [0.15, 0.2) is 8.32 Å². The van der Waals surface area contributed by atoms with E-state index < -0.39 is 28.4 Å². The number of aromatic nitrogens is 4. The van der Waals surface area contributed by atoms with Gasteiger partial charge in [-0.2, -0.15) is 35.2 Å². The van der Waals surface area contributed by atoms with Crippen LogP contribution in [0.15, 0.2) is 107 Å². The monoisotopic (exact) mass is 757 g/mol. The molecule has 10 nitrogen and oxygen atoms in total. The van der Waals surface area contributed by atoms with E-state index in [0.717, 1.165) is 30.1 Å². The molecule has 0 amide bonds. The minimum atomic E-state index is -3.99. The molecule has 0 spiro atoms. The van der Waals surface area contributed by atoms with Crippen molar-refractivity contribution in [2.45, 2.75) is 82.1 Å². The molecule has 0 saturated heterocycles. The van der Waals surface area contributed by atoms with Gasteiger partial charge in [-0.15, -0.1) is 0 Å². The summed E-state index contributed by atoms with van der Waals surface area (Å²) >= 11 is 0. The highest BCUT2D eigenvalue weighted by Gasteiger charge is 2.37. The van der Waals surface area contributed by atoms with Gasteiger partial charge in [0, 0.05) is 37.0 Å². The number of benzene rings is 4. The van der Waals surface area contributed by atoms with Gasteiger partial charge in [0.25, 0.3) is 20.0 Å². The predicted molar refractivity (Wildman–Crippen MR) is 209 cm³/mol. The molecular weight excluding hydrogens is 711 g/mol. The third-order valence-electron chi connectivity index (χ3n) is 9.99. The molecule has 52 heavy (non-hydrogen) atoms. The topological polar surface area (TPSA) is 116 Å². The second-order valence-corrected chi connectivity index (χ2v) is 23.3. The third kappa shape index (κ3) is 7.51. The van der Waals surface area contributed by atoms with Crippen LogP contribution < -0.4 is 0 Å². The van der Waals surface area contributed by atoms with Crippen LogP contribution in [0.1, 0.15) is 49.7 Å². The van der Waals surface area contributed by atoms with Crippen molar-refractivity contribution in [1.82, 2.24) is 23.3 Å². The molecule has 0 atom stereocenters. The first kappa shape index (κ1) is 37.6. The Balaban J connectivity index is 1.38. The molecule has 0 unspecified atom stereocenters. The minimum Gasteiger partial charge on any atom is -0.417 e. The smallest absolute Gasteiger partial charge is 0.283 e. The maximum Gasteiger partial charge on any atom is 0.283 e. The standard InChI is InChI=1S/C39H47N5O5S2Si/c1-29-17-21-31(22-18-29)50(45,46)43-37-15-10-8-13-33(37)35(40-43)27-42(25-12-26-49-52(6,7)39(3,4)5)28-36-34-14-9-11-16-38(34)44(41-36)51(47,48)32-23-19-30(2)20-24-32/h8-11,13-24H,12,25-28H2,1-7H3. The molecule has 0 saturated carbocycles. The van der Waals surface area contributed by atoms with Crippen LogP contribution in [0.2, 0.25) is 18.1 Å². The van der Waals surface area contributed by atoms with Crippen molar-refractivity contribution in [2.75, 3.05) is 13.2 Å². The Morgan fingerprint density at radius 1 is 0.654 bits per heavy atom. The Hall–Kier alpha value is -4.14. The maximum atomic E-state index is 13.9. The third-order valence-corrected chi connectivity index (χ3v) is 17.7. The normalized spacial score (nSPS) is 13.1. The summed E-state index contributed by atoms with van der Waals surface area (Å²) in [5.74, 6) is 0. The highest BCUT2D eigenvalue weighted by molar-refractivity contribution is 7.90. The fraction of sp³-hybridized carbons (Fsp3) is 0.333. The van der Waals surface area contributed by atoms with E-state index in [9.17, 15) is 16.8 Å². The minimum absolute atomic E-state index is 0.0655. The lowest BCUT2D eigenvalue weighted by molar-refractivity contribution is 0.211. The Morgan fingerprint density at radius 3 is 1.46 bits per heavy atom. The number of fused-ring (bicyclic) bond motifs is 2. The number of aryl methyl sites for hydroxylation is 2. The van der Waals surface area contributed by atoms with Crippen LogP contribution in [-0.2, 0) is 37.6 Å². The molecule has 0 N–H and O–H groups in total. The van der Waals surface area contributed by atoms with Crippen LogP contribution in [0, 0.1) is 13.8 Å². The summed E-state index contributed by atoms with van der Waals surface area (Å²) in [6, 6.07) is 28.1. The van der Waals surface area contributed by atoms with Crippen molar-refractivity contribution >= 4 is 50.2 Å². The van der Waals surface area contributed by atoms with Gasteiger partial charge in [-0.3, -0.25) is 4.90 Å². The molecule has 0 bridgehead atoms. The summed E-state index contributed by atoms with van der Waals surface area (Å²) in [5, 5.41) is 11.0. The zero-order valence-electron chi connectivity index (χ0n) is 30.9. The lowest BCUT2D eigenvalue weighted by atomic mass is 10.1. The van der Waals surface area contributed by atoms with E-state index in [1.807, 2.05) is 38.1 Å². The van der Waals surface area contributed by atoms with Gasteiger partial charge < -0.3 is 4.43 Å². The lowest BCUT2D eigenvalue weighted by Crippen LogP contribution is -2.41. The number of para-hydroxylation sites is 2. The van der Waals surface area contributed by atoms with Gasteiger partial charge in [0.1, 0.15) is 0 Å². The summed E-state index contributed by atoms with van der Waals surface area (Å²) < 4.78 is 64.4. The molecule has 0 aliphatic rings. The van der Waals surface area contributed by atoms with E-state index >= 15 is 0 Å². The Labute approximate surface area is 308 Å². The zero-order chi connectivity index (χ0) is 37.5. The molecule has 2 aromatic heterocycles. The highest BCUT2D eigenvalue weighted by atomic mass is 32.2. The lowest BCUT2D eigenvalue weighted by Gasteiger charge is -2.36. The van der Waals surface area contributed by atoms with Gasteiger partial charge in [-0.25, -0.2) is 0 Å². The molecule has 2 heterocycles. The summed E-state index contributed by atoms with van der Waals surface area (Å²) in [5.41, 5.74) is 4.07. The molecule has 0 fully saturated rings. The van der Waals surface area contributed by atoms with Crippen molar-refractivity contribution in [1.29, 1.82) is 0 Å². The molecule has 13 heteroatoms. The Kier molecular flexibility index (Phi) is 10.4. The highest BCUT2D eigenvalue weighted by Crippen LogP contribution is 2.36. The van der Waals surface area contributed by atoms with Gasteiger partial charge in [-0.05, 0) is 74.8 Å². The van der Waals surface area contributed by atoms with Crippen molar-refractivity contribution in [2.24, 2.45) is 0 Å². The van der Waals surface area contributed by atoms with Gasteiger partial charge in [-0.1, -0.05) is 92.6 Å². The van der Waals surface area contributed by atoms with Crippen molar-refractivity contribution in [3.63, 3.8) is 0 Å². The summed E-state index contributed by atoms with van der Waals surface area (Å²) in [6.45, 7) is 16.6. The average Bonchev–Trinajstić information content (AvgIpc) is 3.66. The summed E-state index contributed by atoms with van der Waals surface area (Å²) in [6.07, 6.45) is 0.702. The van der Waals surface area contributed by atoms with E-state index in [2.05, 4.69) is 38.8 Å². The maximum absolute atomic E-state index is 13.9. The number of hydrogen-bond acceptors (Lipinski definition) is 8. The van der Waals surface area contributed by atoms with Crippen LogP contribution in [0.5, 0.6) is 0 Å². The Morgan fingerprint density at radius 2 is 1.06 bits per heavy atom. The molecule has 0 radical (unpaired) electrons. The van der Waals surface area contributed by atoms with E-state index in [1.165, 1.54) is 0 Å². The van der Waals surface area contributed by atoms with Gasteiger partial charge in [0.2, 0.25) is 0 Å². The van der Waals surface area contributed by atoms with E-state index in [4.69, 9.17) is 14.6 Å². The van der Waals surface area contributed by atoms with Gasteiger partial charge >= 0.3 is 0 Å². The molecule has 0 aliphatic carbocycles. The quantitative estimate of drug-likeness (QED) is 0.0863. The molecular formula is C39H47N5O5S2Si. The largest absolute Gasteiger partial charge is 0.417 e. The number of nitrogens with zero attached hydrogens (tertiary/aromatic N) is 5. The van der Waals surface area contributed by atoms with Crippen LogP contribution in [0.25, 0.3) is 21.8 Å². The van der Waals surface area contributed by atoms with Crippen LogP contribution in [-0.4, -0.2) is 61.6 Å². The van der Waals surface area contributed by atoms with E-state index in [0.29, 0.717) is 55.1 Å². The van der Waals surface area contributed by atoms with Crippen molar-refractivity contribution in [3.05, 3.63) is 120 Å². The number of hydrogen-bond donors (Lipinski definition) is 0. The van der Waals surface area contributed by atoms with E-state index in [-0.39, 0.29) is 14.8 Å². The van der Waals surface area contributed by atoms with E-state index in [1.54, 1.807) is 72.8 Å². The van der Waals surface area contributed by atoms with Gasteiger partial charge in [0.05, 0.1) is 32.2 Å². The summed E-state index contributed by atoms with van der Waals surface area (Å²) in [4.78, 5) is 2.46. The molecule has 6 aromatic rings. The first-order chi connectivity index (χ1) is 24.5. The average molecular weight is 758 g/mol. The van der Waals surface area contributed by atoms with Crippen LogP contribution in [0.3, 0.4) is 0 Å². The first-order valence-electron chi connectivity index (χ1n) is 17.4. The van der Waals surface area contributed by atoms with Crippen molar-refractivity contribution in [3.8, 4) is 0 Å². The molecule has 6 rings (SSSR count). The molecule has 274 valence electrons. The zero-order valence-corrected chi connectivity index (χ0v) is 33.5. The first-order valence-corrected chi connectivity index (χ1v) is 23.2. The fourth-order valence-corrected chi connectivity index (χ4v) is 9.59. The SMILES string of the molecule is Cc1ccc(S(=O)(=O)n2nc(CN(CCCO[Si](C)(C)C(C)(C)C)Cc3nn(S(=O)(=O)c4ccc(C)cc4)c4ccccc34)c3ccccc32)cc1. The second kappa shape index (κ2) is 14.4. The summed E-state index contributed by atoms with van der Waals surface area (Å²) in [7, 11) is -9.97. The van der Waals surface area contributed by atoms with Crippen molar-refractivity contribution < 1.29 is 21.3 Å². The molecule has 4 aromatic carbocycles. The number of rotatable bonds is 13.